The summed E-state index contributed by atoms with van der Waals surface area (Å²) in [5.74, 6) is 0. The molecular weight excluding hydrogens is 323 g/mol. The van der Waals surface area contributed by atoms with E-state index in [4.69, 9.17) is 0 Å². The predicted octanol–water partition coefficient (Wildman–Crippen LogP) is -0.611. The maximum Gasteiger partial charge on any atom is 0.0958 e. The lowest BCUT2D eigenvalue weighted by Crippen LogP contribution is -3.00. The number of halogens is 1. The van der Waals surface area contributed by atoms with Crippen molar-refractivity contribution in [3.63, 3.8) is 0 Å². The molecule has 1 rings (SSSR count). The van der Waals surface area contributed by atoms with Gasteiger partial charge in [-0.3, -0.25) is 0 Å². The van der Waals surface area contributed by atoms with Crippen molar-refractivity contribution in [1.29, 1.82) is 0 Å². The third kappa shape index (κ3) is 6.68. The zero-order valence-electron chi connectivity index (χ0n) is 11.1. The number of benzene rings is 1. The second kappa shape index (κ2) is 7.71. The van der Waals surface area contributed by atoms with E-state index in [0.29, 0.717) is 0 Å². The van der Waals surface area contributed by atoms with Gasteiger partial charge < -0.3 is 33.4 Å². The van der Waals surface area contributed by atoms with E-state index >= 15 is 0 Å². The minimum absolute atomic E-state index is 0. The van der Waals surface area contributed by atoms with E-state index in [0.717, 1.165) is 24.1 Å². The van der Waals surface area contributed by atoms with Gasteiger partial charge in [-0.1, -0.05) is 24.3 Å². The molecule has 0 unspecified atom stereocenters. The molecule has 1 aromatic carbocycles. The van der Waals surface area contributed by atoms with Gasteiger partial charge in [-0.15, -0.1) is 6.58 Å². The first-order chi connectivity index (χ1) is 7.53. The van der Waals surface area contributed by atoms with Crippen LogP contribution in [-0.2, 0) is 0 Å². The lowest BCUT2D eigenvalue weighted by Gasteiger charge is -2.29. The number of quaternary nitrogens is 1. The Bertz CT molecular complexity index is 317. The van der Waals surface area contributed by atoms with Crippen LogP contribution in [0.4, 0.5) is 5.69 Å². The number of hydrogen-bond donors (Lipinski definition) is 0. The number of nitrogens with zero attached hydrogens (tertiary/aromatic N) is 2. The number of para-hydroxylation sites is 1. The summed E-state index contributed by atoms with van der Waals surface area (Å²) in [6.07, 6.45) is 1.96. The van der Waals surface area contributed by atoms with E-state index in [1.54, 1.807) is 0 Å². The Morgan fingerprint density at radius 3 is 2.24 bits per heavy atom. The third-order valence-corrected chi connectivity index (χ3v) is 2.51. The van der Waals surface area contributed by atoms with Crippen molar-refractivity contribution in [3.8, 4) is 0 Å². The number of hydrogen-bond acceptors (Lipinski definition) is 1. The van der Waals surface area contributed by atoms with Gasteiger partial charge in [0.2, 0.25) is 0 Å². The highest BCUT2D eigenvalue weighted by molar-refractivity contribution is 5.46. The summed E-state index contributed by atoms with van der Waals surface area (Å²) < 4.78 is 0.987. The molecule has 0 aliphatic carbocycles. The monoisotopic (exact) mass is 346 g/mol. The van der Waals surface area contributed by atoms with Crippen molar-refractivity contribution >= 4 is 5.69 Å². The van der Waals surface area contributed by atoms with E-state index in [1.807, 2.05) is 6.08 Å². The number of likely N-dealkylation sites (N-methyl/N-ethyl adjacent to an activating group) is 1. The largest absolute Gasteiger partial charge is 1.00 e. The molecule has 2 nitrogen and oxygen atoms in total. The summed E-state index contributed by atoms with van der Waals surface area (Å²) in [6.45, 7) is 6.91. The first-order valence-corrected chi connectivity index (χ1v) is 5.74. The topological polar surface area (TPSA) is 3.24 Å². The van der Waals surface area contributed by atoms with Crippen LogP contribution in [0, 0.1) is 0 Å². The van der Waals surface area contributed by atoms with Crippen LogP contribution in [0.5, 0.6) is 0 Å². The van der Waals surface area contributed by atoms with Crippen LogP contribution < -0.4 is 28.9 Å². The molecule has 0 aliphatic heterocycles. The highest BCUT2D eigenvalue weighted by atomic mass is 127. The Hall–Kier alpha value is -0.550. The fourth-order valence-electron chi connectivity index (χ4n) is 1.54. The molecule has 0 radical (unpaired) electrons. The lowest BCUT2D eigenvalue weighted by molar-refractivity contribution is -0.868. The summed E-state index contributed by atoms with van der Waals surface area (Å²) in [4.78, 5) is 2.36. The predicted molar refractivity (Wildman–Crippen MR) is 71.8 cm³/mol. The summed E-state index contributed by atoms with van der Waals surface area (Å²) in [7, 11) is 6.66. The highest BCUT2D eigenvalue weighted by Gasteiger charge is 2.11. The van der Waals surface area contributed by atoms with Gasteiger partial charge >= 0.3 is 0 Å². The lowest BCUT2D eigenvalue weighted by atomic mass is 10.2. The van der Waals surface area contributed by atoms with E-state index in [-0.39, 0.29) is 24.0 Å². The Labute approximate surface area is 123 Å². The number of anilines is 1. The average Bonchev–Trinajstić information content (AvgIpc) is 2.24. The fourth-order valence-corrected chi connectivity index (χ4v) is 1.54. The number of rotatable bonds is 6. The standard InChI is InChI=1S/C14H23N2.HI/c1-5-11-15(12-13-16(2,3)4)14-9-7-6-8-10-14;/h5-10H,1,11-13H2,2-4H3;1H/q+1;/p-1. The summed E-state index contributed by atoms with van der Waals surface area (Å²) in [6, 6.07) is 10.5. The van der Waals surface area contributed by atoms with Crippen molar-refractivity contribution in [2.24, 2.45) is 0 Å². The molecule has 0 saturated carbocycles. The van der Waals surface area contributed by atoms with Crippen molar-refractivity contribution in [3.05, 3.63) is 43.0 Å². The van der Waals surface area contributed by atoms with Crippen molar-refractivity contribution in [2.75, 3.05) is 45.7 Å². The fraction of sp³-hybridized carbons (Fsp3) is 0.429. The van der Waals surface area contributed by atoms with Gasteiger partial charge in [-0.25, -0.2) is 0 Å². The molecule has 17 heavy (non-hydrogen) atoms. The molecule has 0 aromatic heterocycles. The molecule has 0 N–H and O–H groups in total. The molecule has 3 heteroatoms. The van der Waals surface area contributed by atoms with Crippen LogP contribution in [0.3, 0.4) is 0 Å². The van der Waals surface area contributed by atoms with Gasteiger partial charge in [0.25, 0.3) is 0 Å². The van der Waals surface area contributed by atoms with Crippen LogP contribution in [0.15, 0.2) is 43.0 Å². The van der Waals surface area contributed by atoms with E-state index in [2.05, 4.69) is 63.0 Å². The van der Waals surface area contributed by atoms with Crippen LogP contribution in [0.25, 0.3) is 0 Å². The molecule has 0 amide bonds. The zero-order valence-corrected chi connectivity index (χ0v) is 13.2. The SMILES string of the molecule is C=CCN(CC[N+](C)(C)C)c1ccccc1.[I-]. The molecule has 0 saturated heterocycles. The normalized spacial score (nSPS) is 10.5. The van der Waals surface area contributed by atoms with E-state index in [1.165, 1.54) is 5.69 Å². The summed E-state index contributed by atoms with van der Waals surface area (Å²) >= 11 is 0. The van der Waals surface area contributed by atoms with Crippen LogP contribution in [-0.4, -0.2) is 45.3 Å². The van der Waals surface area contributed by atoms with Gasteiger partial charge in [0.15, 0.2) is 0 Å². The van der Waals surface area contributed by atoms with Crippen LogP contribution in [0.1, 0.15) is 0 Å². The van der Waals surface area contributed by atoms with Crippen molar-refractivity contribution in [2.45, 2.75) is 0 Å². The minimum Gasteiger partial charge on any atom is -1.00 e. The molecule has 0 atom stereocenters. The highest BCUT2D eigenvalue weighted by Crippen LogP contribution is 2.13. The van der Waals surface area contributed by atoms with Gasteiger partial charge in [0.05, 0.1) is 34.2 Å². The molecule has 0 heterocycles. The third-order valence-electron chi connectivity index (χ3n) is 2.51. The maximum absolute atomic E-state index is 3.82. The molecule has 1 aromatic rings. The minimum atomic E-state index is 0. The quantitative estimate of drug-likeness (QED) is 0.377. The Kier molecular flexibility index (Phi) is 7.46. The van der Waals surface area contributed by atoms with Crippen LogP contribution in [0.2, 0.25) is 0 Å². The Morgan fingerprint density at radius 1 is 1.18 bits per heavy atom. The van der Waals surface area contributed by atoms with Crippen LogP contribution >= 0.6 is 0 Å². The molecule has 0 bridgehead atoms. The van der Waals surface area contributed by atoms with Gasteiger partial charge in [-0.2, -0.15) is 0 Å². The molecule has 0 fully saturated rings. The van der Waals surface area contributed by atoms with Gasteiger partial charge in [0.1, 0.15) is 0 Å². The smallest absolute Gasteiger partial charge is 0.0958 e. The molecule has 0 spiro atoms. The second-order valence-corrected chi connectivity index (χ2v) is 5.08. The molecular formula is C14H23IN2. The first kappa shape index (κ1) is 16.4. The molecule has 0 aliphatic rings. The maximum atomic E-state index is 3.82. The first-order valence-electron chi connectivity index (χ1n) is 5.74. The van der Waals surface area contributed by atoms with E-state index < -0.39 is 0 Å². The summed E-state index contributed by atoms with van der Waals surface area (Å²) in [5.41, 5.74) is 1.27. The average molecular weight is 346 g/mol. The van der Waals surface area contributed by atoms with Gasteiger partial charge in [0, 0.05) is 12.2 Å². The Balaban J connectivity index is 0.00000256. The zero-order chi connectivity index (χ0) is 12.0. The second-order valence-electron chi connectivity index (χ2n) is 5.08. The van der Waals surface area contributed by atoms with Gasteiger partial charge in [-0.05, 0) is 12.1 Å². The summed E-state index contributed by atoms with van der Waals surface area (Å²) in [5, 5.41) is 0. The Morgan fingerprint density at radius 2 is 1.76 bits per heavy atom. The molecule has 96 valence electrons. The van der Waals surface area contributed by atoms with E-state index in [9.17, 15) is 0 Å². The van der Waals surface area contributed by atoms with Crippen molar-refractivity contribution in [1.82, 2.24) is 0 Å². The van der Waals surface area contributed by atoms with Crippen molar-refractivity contribution < 1.29 is 28.5 Å².